The zero-order chi connectivity index (χ0) is 29.6. The van der Waals surface area contributed by atoms with Gasteiger partial charge in [0.25, 0.3) is 0 Å². The molecule has 5 heteroatoms. The quantitative estimate of drug-likeness (QED) is 0.0957. The minimum Gasteiger partial charge on any atom is -0.512 e. The first-order valence-electron chi connectivity index (χ1n) is 15.0. The number of pyridine rings is 1. The van der Waals surface area contributed by atoms with Crippen LogP contribution in [-0.4, -0.2) is 15.9 Å². The Morgan fingerprint density at radius 2 is 1.49 bits per heavy atom. The van der Waals surface area contributed by atoms with E-state index in [0.717, 1.165) is 75.5 Å². The Hall–Kier alpha value is -3.79. The molecule has 0 atom stereocenters. The summed E-state index contributed by atoms with van der Waals surface area (Å²) in [6.45, 7) is 8.07. The smallest absolute Gasteiger partial charge is 0.162 e. The third-order valence-electron chi connectivity index (χ3n) is 8.23. The van der Waals surface area contributed by atoms with E-state index in [1.807, 2.05) is 58.2 Å². The molecule has 1 aliphatic rings. The summed E-state index contributed by atoms with van der Waals surface area (Å²) < 4.78 is 6.35. The van der Waals surface area contributed by atoms with Crippen molar-refractivity contribution in [3.63, 3.8) is 0 Å². The van der Waals surface area contributed by atoms with Crippen molar-refractivity contribution in [3.05, 3.63) is 103 Å². The van der Waals surface area contributed by atoms with Crippen LogP contribution < -0.4 is 4.74 Å². The van der Waals surface area contributed by atoms with Gasteiger partial charge >= 0.3 is 0 Å². The zero-order valence-corrected chi connectivity index (χ0v) is 27.6. The fourth-order valence-corrected chi connectivity index (χ4v) is 5.65. The molecule has 2 heterocycles. The van der Waals surface area contributed by atoms with Crippen LogP contribution in [0.3, 0.4) is 0 Å². The predicted octanol–water partition coefficient (Wildman–Crippen LogP) is 10.5. The second kappa shape index (κ2) is 14.6. The monoisotopic (exact) mass is 749 g/mol. The number of hydrogen-bond acceptors (Lipinski definition) is 4. The molecule has 0 unspecified atom stereocenters. The molecule has 6 rings (SSSR count). The molecule has 4 nitrogen and oxygen atoms in total. The third-order valence-corrected chi connectivity index (χ3v) is 8.23. The van der Waals surface area contributed by atoms with E-state index in [2.05, 4.69) is 65.6 Å². The number of rotatable bonds is 8. The van der Waals surface area contributed by atoms with Gasteiger partial charge in [0.15, 0.2) is 5.78 Å². The molecule has 1 aromatic heterocycles. The molecule has 0 spiro atoms. The summed E-state index contributed by atoms with van der Waals surface area (Å²) in [5.41, 5.74) is 4.19. The second-order valence-corrected chi connectivity index (χ2v) is 10.8. The van der Waals surface area contributed by atoms with Crippen LogP contribution in [0, 0.1) is 17.9 Å². The number of benzene rings is 4. The first kappa shape index (κ1) is 32.1. The summed E-state index contributed by atoms with van der Waals surface area (Å²) in [5.74, 6) is 2.21. The molecule has 0 saturated heterocycles. The van der Waals surface area contributed by atoms with E-state index in [9.17, 15) is 9.90 Å². The van der Waals surface area contributed by atoms with Crippen LogP contribution in [-0.2, 0) is 24.9 Å². The minimum absolute atomic E-state index is 0. The average Bonchev–Trinajstić information content (AvgIpc) is 3.02. The summed E-state index contributed by atoms with van der Waals surface area (Å²) in [4.78, 5) is 16.4. The Labute approximate surface area is 268 Å². The maximum atomic E-state index is 11.7. The van der Waals surface area contributed by atoms with Crippen molar-refractivity contribution < 1.29 is 34.7 Å². The number of ketones is 1. The normalized spacial score (nSPS) is 11.9. The predicted molar refractivity (Wildman–Crippen MR) is 173 cm³/mol. The number of fused-ring (bicyclic) bond motifs is 3. The maximum absolute atomic E-state index is 11.7. The molecule has 0 bridgehead atoms. The molecule has 43 heavy (non-hydrogen) atoms. The van der Waals surface area contributed by atoms with Gasteiger partial charge in [-0.25, -0.2) is 0 Å². The van der Waals surface area contributed by atoms with Gasteiger partial charge in [0.1, 0.15) is 5.75 Å². The van der Waals surface area contributed by atoms with E-state index in [1.165, 1.54) is 11.6 Å². The number of nitrogens with zero attached hydrogens (tertiary/aromatic N) is 1. The molecular formula is C38H38IrNO3-. The number of carbonyl (C=O) groups is 1. The molecule has 1 aliphatic heterocycles. The van der Waals surface area contributed by atoms with Crippen LogP contribution in [0.5, 0.6) is 11.5 Å². The van der Waals surface area contributed by atoms with Crippen molar-refractivity contribution in [2.24, 2.45) is 11.8 Å². The van der Waals surface area contributed by atoms with E-state index in [1.54, 1.807) is 0 Å². The number of allylic oxidation sites excluding steroid dienone is 2. The topological polar surface area (TPSA) is 59.4 Å². The van der Waals surface area contributed by atoms with E-state index < -0.39 is 0 Å². The second-order valence-electron chi connectivity index (χ2n) is 10.8. The molecule has 0 amide bonds. The largest absolute Gasteiger partial charge is 0.512 e. The Morgan fingerprint density at radius 3 is 2.19 bits per heavy atom. The summed E-state index contributed by atoms with van der Waals surface area (Å²) >= 11 is 0. The van der Waals surface area contributed by atoms with E-state index in [-0.39, 0.29) is 43.5 Å². The zero-order valence-electron chi connectivity index (χ0n) is 25.2. The first-order valence-corrected chi connectivity index (χ1v) is 15.0. The van der Waals surface area contributed by atoms with Crippen molar-refractivity contribution >= 4 is 27.3 Å². The van der Waals surface area contributed by atoms with Crippen LogP contribution in [0.1, 0.15) is 53.4 Å². The van der Waals surface area contributed by atoms with Crippen LogP contribution in [0.2, 0.25) is 0 Å². The van der Waals surface area contributed by atoms with Gasteiger partial charge < -0.3 is 9.84 Å². The Kier molecular flexibility index (Phi) is 10.9. The molecule has 0 aliphatic carbocycles. The van der Waals surface area contributed by atoms with Crippen molar-refractivity contribution in [2.45, 2.75) is 53.4 Å². The summed E-state index contributed by atoms with van der Waals surface area (Å²) in [7, 11) is 0. The number of aliphatic hydroxyl groups is 1. The number of hydrogen-bond donors (Lipinski definition) is 1. The number of aliphatic hydroxyl groups excluding tert-OH is 1. The Morgan fingerprint density at radius 1 is 0.814 bits per heavy atom. The molecule has 0 fully saturated rings. The van der Waals surface area contributed by atoms with Gasteiger partial charge in [-0.3, -0.25) is 9.78 Å². The summed E-state index contributed by atoms with van der Waals surface area (Å²) in [6.07, 6.45) is 6.78. The molecule has 223 valence electrons. The van der Waals surface area contributed by atoms with Gasteiger partial charge in [-0.1, -0.05) is 93.2 Å². The third kappa shape index (κ3) is 6.90. The van der Waals surface area contributed by atoms with E-state index >= 15 is 0 Å². The fraction of sp³-hybridized carbons (Fsp3) is 0.263. The molecule has 4 aromatic carbocycles. The van der Waals surface area contributed by atoms with Crippen molar-refractivity contribution in [3.8, 4) is 33.9 Å². The molecule has 1 radical (unpaired) electrons. The molecule has 0 saturated carbocycles. The average molecular weight is 749 g/mol. The summed E-state index contributed by atoms with van der Waals surface area (Å²) in [5, 5.41) is 14.1. The number of carbonyl (C=O) groups excluding carboxylic acids is 1. The molecule has 5 aromatic rings. The van der Waals surface area contributed by atoms with Crippen LogP contribution in [0.25, 0.3) is 43.9 Å². The van der Waals surface area contributed by atoms with E-state index in [0.29, 0.717) is 0 Å². The van der Waals surface area contributed by atoms with Gasteiger partial charge in [-0.05, 0) is 60.4 Å². The van der Waals surface area contributed by atoms with Crippen molar-refractivity contribution in [2.75, 3.05) is 0 Å². The SMILES string of the molecule is CCC(CC)C(=O)/C=C(\O)C(CC)CC.[Ir].[c-]1c2c(cc3ccccc13)Oc1cc(-c3ccccc3)cc3ccnc-2c13. The van der Waals surface area contributed by atoms with Gasteiger partial charge in [0.2, 0.25) is 0 Å². The number of ether oxygens (including phenoxy) is 1. The van der Waals surface area contributed by atoms with Crippen molar-refractivity contribution in [1.82, 2.24) is 4.98 Å². The van der Waals surface area contributed by atoms with Gasteiger partial charge in [0.05, 0.1) is 11.5 Å². The fourth-order valence-electron chi connectivity index (χ4n) is 5.65. The Bertz CT molecular complexity index is 1740. The standard InChI is InChI=1S/C25H14NO.C13H24O2.Ir/c1-2-6-16(7-3-1)20-12-19-10-11-26-25-21-13-17-8-4-5-9-18(17)14-22(21)27-23(15-20)24(19)25;1-5-10(6-2)12(14)9-13(15)11(7-3)8-4;/h1-12,14-15H;9-11,14H,5-8H2,1-4H3;/q-1;;/b;12-9-;. The minimum atomic E-state index is 0. The van der Waals surface area contributed by atoms with Crippen LogP contribution >= 0.6 is 0 Å². The first-order chi connectivity index (χ1) is 20.5. The Balaban J connectivity index is 0.000000230. The maximum Gasteiger partial charge on any atom is 0.162 e. The van der Waals surface area contributed by atoms with Crippen LogP contribution in [0.15, 0.2) is 96.9 Å². The molecule has 1 N–H and O–H groups in total. The molecular weight excluding hydrogens is 711 g/mol. The van der Waals surface area contributed by atoms with Gasteiger partial charge in [0, 0.05) is 55.3 Å². The summed E-state index contributed by atoms with van der Waals surface area (Å²) in [6, 6.07) is 30.6. The number of aromatic nitrogens is 1. The van der Waals surface area contributed by atoms with Crippen LogP contribution in [0.4, 0.5) is 0 Å². The van der Waals surface area contributed by atoms with E-state index in [4.69, 9.17) is 4.74 Å². The van der Waals surface area contributed by atoms with Gasteiger partial charge in [-0.15, -0.1) is 17.5 Å². The van der Waals surface area contributed by atoms with Gasteiger partial charge in [-0.2, -0.15) is 0 Å². The van der Waals surface area contributed by atoms with Crippen molar-refractivity contribution in [1.29, 1.82) is 0 Å².